The van der Waals surface area contributed by atoms with Gasteiger partial charge in [0.1, 0.15) is 29.9 Å². The topological polar surface area (TPSA) is 176 Å². The Labute approximate surface area is 375 Å². The molecule has 342 valence electrons. The number of carbonyl (C=O) groups is 5. The lowest BCUT2D eigenvalue weighted by Crippen LogP contribution is -2.62. The molecule has 5 heterocycles. The maximum Gasteiger partial charge on any atom is 0.324 e. The number of esters is 1. The smallest absolute Gasteiger partial charge is 0.324 e. The van der Waals surface area contributed by atoms with Gasteiger partial charge in [-0.25, -0.2) is 5.43 Å². The van der Waals surface area contributed by atoms with Gasteiger partial charge in [0.2, 0.25) is 17.7 Å². The number of ether oxygens (including phenoxy) is 2. The van der Waals surface area contributed by atoms with Gasteiger partial charge in [0.15, 0.2) is 0 Å². The molecule has 2 saturated heterocycles. The summed E-state index contributed by atoms with van der Waals surface area (Å²) in [7, 11) is 4.81. The molecule has 5 atom stereocenters. The van der Waals surface area contributed by atoms with Gasteiger partial charge in [-0.15, -0.1) is 0 Å². The summed E-state index contributed by atoms with van der Waals surface area (Å²) in [6.45, 7) is 12.9. The van der Waals surface area contributed by atoms with Crippen molar-refractivity contribution in [2.24, 2.45) is 11.3 Å². The van der Waals surface area contributed by atoms with Crippen molar-refractivity contribution in [1.82, 2.24) is 35.1 Å². The number of hydrogen-bond donors (Lipinski definition) is 3. The first-order chi connectivity index (χ1) is 30.4. The average molecular weight is 878 g/mol. The Balaban J connectivity index is 1.34. The van der Waals surface area contributed by atoms with Crippen LogP contribution in [0.25, 0.3) is 33.3 Å². The normalized spacial score (nSPS) is 21.4. The molecule has 0 radical (unpaired) electrons. The van der Waals surface area contributed by atoms with E-state index in [1.165, 1.54) is 14.8 Å². The van der Waals surface area contributed by atoms with Crippen molar-refractivity contribution >= 4 is 40.5 Å². The molecule has 3 aliphatic rings. The number of nitrogens with zero attached hydrogens (tertiary/aromatic N) is 5. The molecule has 7 rings (SSSR count). The lowest BCUT2D eigenvalue weighted by atomic mass is 9.84. The molecule has 4 amide bonds. The van der Waals surface area contributed by atoms with Crippen LogP contribution in [0.5, 0.6) is 5.75 Å². The van der Waals surface area contributed by atoms with E-state index in [-0.39, 0.29) is 55.6 Å². The molecule has 15 nitrogen and oxygen atoms in total. The number of hydrazine groups is 1. The summed E-state index contributed by atoms with van der Waals surface area (Å²) in [5, 5.41) is 16.7. The summed E-state index contributed by atoms with van der Waals surface area (Å²) >= 11 is 0. The Morgan fingerprint density at radius 1 is 1.08 bits per heavy atom. The van der Waals surface area contributed by atoms with E-state index in [2.05, 4.69) is 54.3 Å². The van der Waals surface area contributed by atoms with Gasteiger partial charge < -0.3 is 34.3 Å². The molecule has 15 heteroatoms. The Kier molecular flexibility index (Phi) is 13.5. The number of likely N-dealkylation sites (tertiary alicyclic amines) is 1. The number of aryl methyl sites for hydroxylation is 1. The Bertz CT molecular complexity index is 2440. The van der Waals surface area contributed by atoms with Crippen LogP contribution in [0.15, 0.2) is 54.7 Å². The van der Waals surface area contributed by atoms with E-state index in [1.54, 1.807) is 39.5 Å². The number of methoxy groups -OCH3 is 1. The zero-order valence-corrected chi connectivity index (χ0v) is 38.6. The molecule has 2 aromatic carbocycles. The number of pyridine rings is 1. The number of cyclic esters (lactones) is 1. The highest BCUT2D eigenvalue weighted by atomic mass is 16.5. The number of hydrogen-bond acceptors (Lipinski definition) is 10. The maximum absolute atomic E-state index is 14.7. The lowest BCUT2D eigenvalue weighted by molar-refractivity contribution is -0.155. The van der Waals surface area contributed by atoms with Crippen LogP contribution >= 0.6 is 0 Å². The highest BCUT2D eigenvalue weighted by Gasteiger charge is 2.41. The number of fused-ring (bicyclic) bond motifs is 6. The van der Waals surface area contributed by atoms with Gasteiger partial charge >= 0.3 is 5.97 Å². The van der Waals surface area contributed by atoms with Gasteiger partial charge in [-0.2, -0.15) is 0 Å². The third-order valence-corrected chi connectivity index (χ3v) is 13.1. The molecular weight excluding hydrogens is 815 g/mol. The first-order valence-corrected chi connectivity index (χ1v) is 22.5. The van der Waals surface area contributed by atoms with E-state index in [1.807, 2.05) is 39.0 Å². The predicted octanol–water partition coefficient (Wildman–Crippen LogP) is 5.56. The minimum Gasteiger partial charge on any atom is -0.508 e. The van der Waals surface area contributed by atoms with Gasteiger partial charge in [-0.1, -0.05) is 39.8 Å². The fourth-order valence-electron chi connectivity index (χ4n) is 9.71. The average Bonchev–Trinajstić information content (AvgIpc) is 3.77. The third kappa shape index (κ3) is 9.23. The zero-order chi connectivity index (χ0) is 46.2. The van der Waals surface area contributed by atoms with Crippen LogP contribution in [0.4, 0.5) is 0 Å². The van der Waals surface area contributed by atoms with Crippen molar-refractivity contribution in [3.63, 3.8) is 0 Å². The van der Waals surface area contributed by atoms with Gasteiger partial charge in [-0.3, -0.25) is 34.0 Å². The summed E-state index contributed by atoms with van der Waals surface area (Å²) in [4.78, 5) is 76.7. The minimum absolute atomic E-state index is 0.0128. The Morgan fingerprint density at radius 3 is 2.53 bits per heavy atom. The van der Waals surface area contributed by atoms with Gasteiger partial charge in [-0.05, 0) is 104 Å². The highest BCUT2D eigenvalue weighted by Crippen LogP contribution is 2.42. The molecule has 3 N–H and O–H groups in total. The lowest BCUT2D eigenvalue weighted by Gasteiger charge is -2.37. The summed E-state index contributed by atoms with van der Waals surface area (Å²) in [6, 6.07) is 11.8. The van der Waals surface area contributed by atoms with E-state index >= 15 is 0 Å². The molecule has 2 fully saturated rings. The molecule has 6 bridgehead atoms. The second kappa shape index (κ2) is 18.7. The van der Waals surface area contributed by atoms with Crippen molar-refractivity contribution in [1.29, 1.82) is 0 Å². The fraction of sp³-hybridized carbons (Fsp3) is 0.510. The van der Waals surface area contributed by atoms with Crippen LogP contribution in [0.1, 0.15) is 90.2 Å². The van der Waals surface area contributed by atoms with Crippen LogP contribution in [0.2, 0.25) is 0 Å². The second-order valence-corrected chi connectivity index (χ2v) is 18.7. The van der Waals surface area contributed by atoms with E-state index in [9.17, 15) is 29.1 Å². The summed E-state index contributed by atoms with van der Waals surface area (Å²) < 4.78 is 14.2. The highest BCUT2D eigenvalue weighted by molar-refractivity contribution is 5.97. The van der Waals surface area contributed by atoms with E-state index in [4.69, 9.17) is 14.5 Å². The second-order valence-electron chi connectivity index (χ2n) is 18.7. The number of aromatic nitrogens is 2. The minimum atomic E-state index is -1.17. The number of carbonyl (C=O) groups excluding carboxylic acids is 5. The third-order valence-electron chi connectivity index (χ3n) is 13.1. The number of phenols is 1. The van der Waals surface area contributed by atoms with Crippen LogP contribution in [0.3, 0.4) is 0 Å². The molecule has 3 aliphatic heterocycles. The number of nitrogens with one attached hydrogen (secondary N) is 2. The standard InChI is InChI=1S/C49H63N7O8/c1-10-55-39-16-15-31-25-35(39)36(44(55)34-13-11-19-50-42(34)29(4)63-9)26-49(5,6)27-64-48(62)37-14-12-20-56(52-37)46(60)38(23-30-21-32(31)24-33(57)22-30)51-45(59)43(28(2)3)54(8)47(61)40-17-18-41(58)53(40)7/h11,13,15-16,19,21-22,24-25,28-29,37-38,40,43,52,57H,10,12,14,17-18,20,23,26-27H2,1-9H3,(H,51,59)/t29-,37-,38-,40?,43-/m0/s1. The van der Waals surface area contributed by atoms with Crippen molar-refractivity contribution in [2.75, 3.05) is 34.4 Å². The first kappa shape index (κ1) is 46.2. The molecule has 0 saturated carbocycles. The monoisotopic (exact) mass is 877 g/mol. The number of benzene rings is 2. The number of likely N-dealkylation sites (N-methyl/N-ethyl adjacent to an activating group) is 2. The van der Waals surface area contributed by atoms with Gasteiger partial charge in [0.25, 0.3) is 5.91 Å². The Morgan fingerprint density at radius 2 is 1.84 bits per heavy atom. The first-order valence-electron chi connectivity index (χ1n) is 22.5. The predicted molar refractivity (Wildman–Crippen MR) is 243 cm³/mol. The van der Waals surface area contributed by atoms with Crippen molar-refractivity contribution in [3.05, 3.63) is 71.5 Å². The van der Waals surface area contributed by atoms with E-state index < -0.39 is 47.4 Å². The summed E-state index contributed by atoms with van der Waals surface area (Å²) in [5.41, 5.74) is 9.52. The fourth-order valence-corrected chi connectivity index (χ4v) is 9.71. The van der Waals surface area contributed by atoms with Gasteiger partial charge in [0, 0.05) is 75.2 Å². The quantitative estimate of drug-likeness (QED) is 0.181. The summed E-state index contributed by atoms with van der Waals surface area (Å²) in [5.74, 6) is -2.36. The van der Waals surface area contributed by atoms with Crippen LogP contribution in [-0.4, -0.2) is 118 Å². The molecule has 2 aromatic heterocycles. The van der Waals surface area contributed by atoms with E-state index in [0.717, 1.165) is 39.0 Å². The van der Waals surface area contributed by atoms with Crippen molar-refractivity contribution in [3.8, 4) is 28.1 Å². The largest absolute Gasteiger partial charge is 0.508 e. The number of rotatable bonds is 9. The van der Waals surface area contributed by atoms with Gasteiger partial charge in [0.05, 0.1) is 24.1 Å². The molecule has 1 unspecified atom stereocenters. The molecule has 0 aliphatic carbocycles. The summed E-state index contributed by atoms with van der Waals surface area (Å²) in [6.07, 6.45) is 3.57. The van der Waals surface area contributed by atoms with Crippen molar-refractivity contribution < 1.29 is 38.6 Å². The number of aromatic hydroxyl groups is 1. The Hall–Kier alpha value is -5.80. The number of amides is 4. The van der Waals surface area contributed by atoms with Crippen LogP contribution < -0.4 is 10.7 Å². The van der Waals surface area contributed by atoms with Crippen molar-refractivity contribution in [2.45, 2.75) is 117 Å². The maximum atomic E-state index is 14.7. The molecule has 64 heavy (non-hydrogen) atoms. The zero-order valence-electron chi connectivity index (χ0n) is 38.6. The van der Waals surface area contributed by atoms with Crippen LogP contribution in [-0.2, 0) is 52.8 Å². The van der Waals surface area contributed by atoms with E-state index in [0.29, 0.717) is 43.4 Å². The number of phenolic OH excluding ortho intramolecular Hbond substituents is 1. The molecular formula is C49H63N7O8. The van der Waals surface area contributed by atoms with Crippen LogP contribution in [0, 0.1) is 11.3 Å². The molecule has 4 aromatic rings. The SMILES string of the molecule is CCn1c(-c2cccnc2[C@H](C)OC)c2c3cc(ccc31)-c1cc(O)cc(c1)C[C@H](NC(=O)[C@H](C(C)C)N(C)C(=O)C1CCC(=O)N1C)C(=O)N1CCC[C@H](N1)C(=O)OCC(C)(C)C2. The molecule has 0 spiro atoms.